The van der Waals surface area contributed by atoms with Gasteiger partial charge in [-0.1, -0.05) is 63.6 Å². The van der Waals surface area contributed by atoms with E-state index in [1.165, 1.54) is 5.56 Å². The first-order valence-electron chi connectivity index (χ1n) is 8.42. The van der Waals surface area contributed by atoms with Gasteiger partial charge in [0.1, 0.15) is 0 Å². The summed E-state index contributed by atoms with van der Waals surface area (Å²) in [4.78, 5) is 17.1. The van der Waals surface area contributed by atoms with E-state index in [4.69, 9.17) is 11.6 Å². The molecule has 0 atom stereocenters. The first-order chi connectivity index (χ1) is 13.6. The number of hydrogen-bond acceptors (Lipinski definition) is 4. The molecule has 0 aliphatic carbocycles. The third-order valence-electron chi connectivity index (χ3n) is 4.02. The summed E-state index contributed by atoms with van der Waals surface area (Å²) < 4.78 is 3.12. The third-order valence-corrected chi connectivity index (χ3v) is 7.11. The van der Waals surface area contributed by atoms with Crippen LogP contribution in [0.5, 0.6) is 0 Å². The van der Waals surface area contributed by atoms with E-state index in [1.54, 1.807) is 47.4 Å². The van der Waals surface area contributed by atoms with Gasteiger partial charge in [-0.05, 0) is 48.0 Å². The second kappa shape index (κ2) is 8.66. The first-order valence-corrected chi connectivity index (χ1v) is 11.4. The number of aromatic nitrogens is 1. The quantitative estimate of drug-likeness (QED) is 0.300. The van der Waals surface area contributed by atoms with Crippen molar-refractivity contribution in [2.45, 2.75) is 10.1 Å². The Kier molecular flexibility index (Phi) is 6.01. The van der Waals surface area contributed by atoms with Gasteiger partial charge in [-0.25, -0.2) is 4.98 Å². The van der Waals surface area contributed by atoms with Gasteiger partial charge in [0.05, 0.1) is 20.8 Å². The highest BCUT2D eigenvalue weighted by Crippen LogP contribution is 2.33. The van der Waals surface area contributed by atoms with Crippen LogP contribution < -0.4 is 5.32 Å². The van der Waals surface area contributed by atoms with Crippen molar-refractivity contribution in [3.05, 3.63) is 87.4 Å². The molecule has 7 heteroatoms. The summed E-state index contributed by atoms with van der Waals surface area (Å²) in [6.07, 6.45) is 0. The molecule has 1 amide bonds. The molecule has 0 unspecified atom stereocenters. The average Bonchev–Trinajstić information content (AvgIpc) is 3.10. The fraction of sp³-hybridized carbons (Fsp3) is 0.0476. The molecule has 0 bridgehead atoms. The van der Waals surface area contributed by atoms with Crippen LogP contribution in [-0.2, 0) is 5.75 Å². The van der Waals surface area contributed by atoms with Crippen LogP contribution in [0.4, 0.5) is 5.69 Å². The number of fused-ring (bicyclic) bond motifs is 1. The highest BCUT2D eigenvalue weighted by atomic mass is 79.9. The minimum Gasteiger partial charge on any atom is -0.322 e. The lowest BCUT2D eigenvalue weighted by atomic mass is 10.2. The minimum atomic E-state index is -0.223. The van der Waals surface area contributed by atoms with E-state index >= 15 is 0 Å². The molecule has 3 nitrogen and oxygen atoms in total. The van der Waals surface area contributed by atoms with Crippen molar-refractivity contribution in [2.24, 2.45) is 0 Å². The summed E-state index contributed by atoms with van der Waals surface area (Å²) in [5, 5.41) is 3.34. The van der Waals surface area contributed by atoms with Gasteiger partial charge in [-0.15, -0.1) is 11.3 Å². The number of carbonyl (C=O) groups is 1. The molecule has 140 valence electrons. The highest BCUT2D eigenvalue weighted by Gasteiger charge is 2.11. The summed E-state index contributed by atoms with van der Waals surface area (Å²) in [5.74, 6) is 0.641. The zero-order chi connectivity index (χ0) is 19.5. The molecule has 4 rings (SSSR count). The molecule has 0 aliphatic heterocycles. The maximum absolute atomic E-state index is 12.4. The van der Waals surface area contributed by atoms with Gasteiger partial charge in [-0.3, -0.25) is 4.79 Å². The van der Waals surface area contributed by atoms with Crippen LogP contribution in [0, 0.1) is 0 Å². The van der Waals surface area contributed by atoms with Crippen LogP contribution >= 0.6 is 50.6 Å². The van der Waals surface area contributed by atoms with Gasteiger partial charge < -0.3 is 5.32 Å². The molecule has 4 aromatic rings. The number of thioether (sulfide) groups is 1. The number of rotatable bonds is 5. The summed E-state index contributed by atoms with van der Waals surface area (Å²) in [6, 6.07) is 21.0. The lowest BCUT2D eigenvalue weighted by Gasteiger charge is -2.06. The minimum absolute atomic E-state index is 0.223. The van der Waals surface area contributed by atoms with Crippen LogP contribution in [0.2, 0.25) is 5.02 Å². The number of nitrogens with one attached hydrogen (secondary N) is 1. The van der Waals surface area contributed by atoms with Crippen molar-refractivity contribution in [1.29, 1.82) is 0 Å². The van der Waals surface area contributed by atoms with E-state index in [0.717, 1.165) is 30.5 Å². The van der Waals surface area contributed by atoms with Gasteiger partial charge in [0.25, 0.3) is 5.91 Å². The number of hydrogen-bond donors (Lipinski definition) is 1. The second-order valence-corrected chi connectivity index (χ2v) is 9.59. The van der Waals surface area contributed by atoms with E-state index in [0.29, 0.717) is 10.6 Å². The fourth-order valence-corrected chi connectivity index (χ4v) is 5.16. The largest absolute Gasteiger partial charge is 0.322 e. The molecule has 0 spiro atoms. The smallest absolute Gasteiger partial charge is 0.257 e. The number of nitrogens with zero attached hydrogens (tertiary/aromatic N) is 1. The number of thiazole rings is 1. The molecular formula is C21H14BrClN2OS2. The molecule has 0 aliphatic rings. The van der Waals surface area contributed by atoms with Gasteiger partial charge in [0, 0.05) is 15.9 Å². The predicted octanol–water partition coefficient (Wildman–Crippen LogP) is 7.26. The molecular weight excluding hydrogens is 476 g/mol. The molecule has 0 saturated carbocycles. The van der Waals surface area contributed by atoms with Crippen molar-refractivity contribution >= 4 is 72.4 Å². The first kappa shape index (κ1) is 19.5. The SMILES string of the molecule is O=C(Nc1ccc2nc(SCc3ccc(Br)cc3)sc2c1)c1ccccc1Cl. The van der Waals surface area contributed by atoms with E-state index in [9.17, 15) is 4.79 Å². The lowest BCUT2D eigenvalue weighted by Crippen LogP contribution is -2.12. The molecule has 3 aromatic carbocycles. The Balaban J connectivity index is 1.47. The molecule has 1 heterocycles. The van der Waals surface area contributed by atoms with Crippen LogP contribution in [0.1, 0.15) is 15.9 Å². The molecule has 1 N–H and O–H groups in total. The number of halogens is 2. The Hall–Kier alpha value is -1.86. The maximum atomic E-state index is 12.4. The predicted molar refractivity (Wildman–Crippen MR) is 123 cm³/mol. The van der Waals surface area contributed by atoms with Crippen molar-refractivity contribution in [2.75, 3.05) is 5.32 Å². The van der Waals surface area contributed by atoms with Gasteiger partial charge in [0.2, 0.25) is 0 Å². The van der Waals surface area contributed by atoms with E-state index in [2.05, 4.69) is 38.4 Å². The Labute approximate surface area is 184 Å². The Morgan fingerprint density at radius 2 is 1.89 bits per heavy atom. The summed E-state index contributed by atoms with van der Waals surface area (Å²) in [7, 11) is 0. The van der Waals surface area contributed by atoms with E-state index in [-0.39, 0.29) is 5.91 Å². The molecule has 0 radical (unpaired) electrons. The second-order valence-electron chi connectivity index (χ2n) is 6.01. The summed E-state index contributed by atoms with van der Waals surface area (Å²) >= 11 is 12.9. The Morgan fingerprint density at radius 3 is 2.68 bits per heavy atom. The van der Waals surface area contributed by atoms with E-state index < -0.39 is 0 Å². The third kappa shape index (κ3) is 4.58. The number of benzene rings is 3. The lowest BCUT2D eigenvalue weighted by molar-refractivity contribution is 0.102. The van der Waals surface area contributed by atoms with Gasteiger partial charge in [-0.2, -0.15) is 0 Å². The monoisotopic (exact) mass is 488 g/mol. The van der Waals surface area contributed by atoms with Crippen LogP contribution in [0.3, 0.4) is 0 Å². The molecule has 0 fully saturated rings. The highest BCUT2D eigenvalue weighted by molar-refractivity contribution is 9.10. The topological polar surface area (TPSA) is 42.0 Å². The van der Waals surface area contributed by atoms with Crippen molar-refractivity contribution in [1.82, 2.24) is 4.98 Å². The normalized spacial score (nSPS) is 10.9. The summed E-state index contributed by atoms with van der Waals surface area (Å²) in [5.41, 5.74) is 3.36. The van der Waals surface area contributed by atoms with Crippen LogP contribution in [0.25, 0.3) is 10.2 Å². The van der Waals surface area contributed by atoms with Gasteiger partial charge >= 0.3 is 0 Å². The molecule has 0 saturated heterocycles. The van der Waals surface area contributed by atoms with Crippen molar-refractivity contribution in [3.8, 4) is 0 Å². The zero-order valence-electron chi connectivity index (χ0n) is 14.5. The standard InChI is InChI=1S/C21H14BrClN2OS2/c22-14-7-5-13(6-8-14)12-27-21-25-18-10-9-15(11-19(18)28-21)24-20(26)16-3-1-2-4-17(16)23/h1-11H,12H2,(H,24,26). The molecule has 28 heavy (non-hydrogen) atoms. The van der Waals surface area contributed by atoms with E-state index in [1.807, 2.05) is 30.3 Å². The van der Waals surface area contributed by atoms with Crippen LogP contribution in [-0.4, -0.2) is 10.9 Å². The van der Waals surface area contributed by atoms with Crippen LogP contribution in [0.15, 0.2) is 75.5 Å². The number of anilines is 1. The average molecular weight is 490 g/mol. The summed E-state index contributed by atoms with van der Waals surface area (Å²) in [6.45, 7) is 0. The molecule has 1 aromatic heterocycles. The fourth-order valence-electron chi connectivity index (χ4n) is 2.61. The zero-order valence-corrected chi connectivity index (χ0v) is 18.5. The Morgan fingerprint density at radius 1 is 1.11 bits per heavy atom. The van der Waals surface area contributed by atoms with Crippen molar-refractivity contribution in [3.63, 3.8) is 0 Å². The van der Waals surface area contributed by atoms with Crippen molar-refractivity contribution < 1.29 is 4.79 Å². The maximum Gasteiger partial charge on any atom is 0.257 e. The number of carbonyl (C=O) groups excluding carboxylic acids is 1. The van der Waals surface area contributed by atoms with Gasteiger partial charge in [0.15, 0.2) is 4.34 Å². The number of amides is 1. The Bertz CT molecular complexity index is 1140.